The lowest BCUT2D eigenvalue weighted by Gasteiger charge is -2.27. The molecule has 1 aromatic carbocycles. The van der Waals surface area contributed by atoms with Crippen molar-refractivity contribution in [2.24, 2.45) is 0 Å². The topological polar surface area (TPSA) is 103 Å². The lowest BCUT2D eigenvalue weighted by Crippen LogP contribution is -2.47. The van der Waals surface area contributed by atoms with Crippen molar-refractivity contribution in [3.8, 4) is 5.88 Å². The average Bonchev–Trinajstić information content (AvgIpc) is 2.92. The Labute approximate surface area is 149 Å². The third-order valence-electron chi connectivity index (χ3n) is 4.94. The molecule has 0 saturated heterocycles. The summed E-state index contributed by atoms with van der Waals surface area (Å²) in [7, 11) is 0. The van der Waals surface area contributed by atoms with Crippen molar-refractivity contribution in [1.82, 2.24) is 19.9 Å². The predicted molar refractivity (Wildman–Crippen MR) is 99.8 cm³/mol. The van der Waals surface area contributed by atoms with Gasteiger partial charge in [-0.3, -0.25) is 14.3 Å². The van der Waals surface area contributed by atoms with Crippen LogP contribution in [0.25, 0.3) is 10.9 Å². The van der Waals surface area contributed by atoms with Crippen molar-refractivity contribution < 1.29 is 5.11 Å². The number of para-hydroxylation sites is 1. The van der Waals surface area contributed by atoms with Crippen molar-refractivity contribution in [3.63, 3.8) is 0 Å². The molecule has 3 aromatic rings. The van der Waals surface area contributed by atoms with Gasteiger partial charge in [-0.25, -0.2) is 4.79 Å². The van der Waals surface area contributed by atoms with E-state index in [-0.39, 0.29) is 11.4 Å². The zero-order chi connectivity index (χ0) is 18.6. The average molecular weight is 354 g/mol. The van der Waals surface area contributed by atoms with Gasteiger partial charge in [0.2, 0.25) is 5.88 Å². The van der Waals surface area contributed by atoms with Crippen LogP contribution in [0.3, 0.4) is 0 Å². The SMILES string of the molecule is CC(C)(C)n1c(=O)[nH]c(O)c(C2NCCc3c2[nH]c2ccccc32)c1=O. The number of aromatic nitrogens is 3. The predicted octanol–water partition coefficient (Wildman–Crippen LogP) is 1.71. The van der Waals surface area contributed by atoms with Crippen LogP contribution in [0.15, 0.2) is 33.9 Å². The number of hydrogen-bond donors (Lipinski definition) is 4. The second kappa shape index (κ2) is 5.60. The quantitative estimate of drug-likeness (QED) is 0.534. The zero-order valence-corrected chi connectivity index (χ0v) is 15.0. The van der Waals surface area contributed by atoms with Crippen LogP contribution in [0, 0.1) is 0 Å². The van der Waals surface area contributed by atoms with Crippen LogP contribution in [0.4, 0.5) is 0 Å². The van der Waals surface area contributed by atoms with Crippen LogP contribution in [0.5, 0.6) is 5.88 Å². The number of aromatic amines is 2. The number of nitrogens with one attached hydrogen (secondary N) is 3. The molecule has 0 amide bonds. The Morgan fingerprint density at radius 1 is 1.15 bits per heavy atom. The van der Waals surface area contributed by atoms with Crippen LogP contribution >= 0.6 is 0 Å². The molecule has 7 nitrogen and oxygen atoms in total. The van der Waals surface area contributed by atoms with Gasteiger partial charge in [-0.2, -0.15) is 0 Å². The van der Waals surface area contributed by atoms with E-state index in [9.17, 15) is 14.7 Å². The Morgan fingerprint density at radius 3 is 2.62 bits per heavy atom. The monoisotopic (exact) mass is 354 g/mol. The fraction of sp³-hybridized carbons (Fsp3) is 0.368. The fourth-order valence-corrected chi connectivity index (χ4v) is 3.83. The molecule has 0 spiro atoms. The maximum atomic E-state index is 13.1. The molecule has 1 aliphatic heterocycles. The number of H-pyrrole nitrogens is 2. The summed E-state index contributed by atoms with van der Waals surface area (Å²) >= 11 is 0. The minimum atomic E-state index is -0.703. The molecule has 0 bridgehead atoms. The summed E-state index contributed by atoms with van der Waals surface area (Å²) < 4.78 is 1.15. The van der Waals surface area contributed by atoms with Crippen LogP contribution in [0.1, 0.15) is 43.6 Å². The highest BCUT2D eigenvalue weighted by Gasteiger charge is 2.32. The molecule has 136 valence electrons. The molecular formula is C19H22N4O3. The molecule has 0 radical (unpaired) electrons. The van der Waals surface area contributed by atoms with Gasteiger partial charge < -0.3 is 15.4 Å². The van der Waals surface area contributed by atoms with Crippen molar-refractivity contribution in [1.29, 1.82) is 0 Å². The number of benzene rings is 1. The van der Waals surface area contributed by atoms with E-state index in [1.54, 1.807) is 20.8 Å². The van der Waals surface area contributed by atoms with E-state index in [0.717, 1.165) is 33.1 Å². The molecule has 3 heterocycles. The second-order valence-electron chi connectivity index (χ2n) is 7.70. The Kier molecular flexibility index (Phi) is 3.59. The van der Waals surface area contributed by atoms with E-state index in [0.29, 0.717) is 6.54 Å². The summed E-state index contributed by atoms with van der Waals surface area (Å²) in [4.78, 5) is 31.2. The summed E-state index contributed by atoms with van der Waals surface area (Å²) in [6.07, 6.45) is 0.827. The molecule has 0 fully saturated rings. The van der Waals surface area contributed by atoms with E-state index in [1.807, 2.05) is 24.3 Å². The number of aromatic hydroxyl groups is 1. The van der Waals surface area contributed by atoms with Gasteiger partial charge in [0, 0.05) is 28.7 Å². The largest absolute Gasteiger partial charge is 0.494 e. The van der Waals surface area contributed by atoms with E-state index in [2.05, 4.69) is 15.3 Å². The number of nitrogens with zero attached hydrogens (tertiary/aromatic N) is 1. The molecule has 0 aliphatic carbocycles. The molecule has 1 atom stereocenters. The van der Waals surface area contributed by atoms with Gasteiger partial charge >= 0.3 is 5.69 Å². The van der Waals surface area contributed by atoms with Crippen molar-refractivity contribution in [3.05, 3.63) is 61.9 Å². The Morgan fingerprint density at radius 2 is 1.88 bits per heavy atom. The van der Waals surface area contributed by atoms with Gasteiger partial charge in [0.05, 0.1) is 6.04 Å². The Balaban J connectivity index is 1.99. The van der Waals surface area contributed by atoms with Gasteiger partial charge in [-0.15, -0.1) is 0 Å². The fourth-order valence-electron chi connectivity index (χ4n) is 3.83. The third kappa shape index (κ3) is 2.39. The number of hydrogen-bond acceptors (Lipinski definition) is 4. The maximum Gasteiger partial charge on any atom is 0.331 e. The lowest BCUT2D eigenvalue weighted by molar-refractivity contribution is 0.346. The minimum Gasteiger partial charge on any atom is -0.494 e. The first kappa shape index (κ1) is 16.7. The zero-order valence-electron chi connectivity index (χ0n) is 15.0. The molecule has 2 aromatic heterocycles. The highest BCUT2D eigenvalue weighted by molar-refractivity contribution is 5.85. The molecule has 4 N–H and O–H groups in total. The summed E-state index contributed by atoms with van der Waals surface area (Å²) in [5, 5.41) is 14.8. The molecule has 7 heteroatoms. The molecule has 4 rings (SSSR count). The van der Waals surface area contributed by atoms with Crippen LogP contribution < -0.4 is 16.6 Å². The first-order valence-corrected chi connectivity index (χ1v) is 8.70. The summed E-state index contributed by atoms with van der Waals surface area (Å²) in [6, 6.07) is 7.47. The second-order valence-corrected chi connectivity index (χ2v) is 7.70. The summed E-state index contributed by atoms with van der Waals surface area (Å²) in [5.74, 6) is -0.385. The first-order chi connectivity index (χ1) is 12.3. The molecule has 26 heavy (non-hydrogen) atoms. The van der Waals surface area contributed by atoms with Crippen LogP contribution in [-0.4, -0.2) is 26.2 Å². The molecule has 1 unspecified atom stereocenters. The normalized spacial score (nSPS) is 17.4. The van der Waals surface area contributed by atoms with E-state index < -0.39 is 22.8 Å². The molecular weight excluding hydrogens is 332 g/mol. The van der Waals surface area contributed by atoms with Gasteiger partial charge in [-0.05, 0) is 38.8 Å². The van der Waals surface area contributed by atoms with Crippen molar-refractivity contribution in [2.45, 2.75) is 38.8 Å². The Bertz CT molecular complexity index is 1110. The molecule has 1 aliphatic rings. The summed E-state index contributed by atoms with van der Waals surface area (Å²) in [5.41, 5.74) is 1.34. The van der Waals surface area contributed by atoms with Crippen LogP contribution in [0.2, 0.25) is 0 Å². The molecule has 0 saturated carbocycles. The van der Waals surface area contributed by atoms with Gasteiger partial charge in [0.15, 0.2) is 0 Å². The van der Waals surface area contributed by atoms with E-state index in [1.165, 1.54) is 0 Å². The van der Waals surface area contributed by atoms with E-state index in [4.69, 9.17) is 0 Å². The van der Waals surface area contributed by atoms with Crippen molar-refractivity contribution in [2.75, 3.05) is 6.54 Å². The third-order valence-corrected chi connectivity index (χ3v) is 4.94. The number of rotatable bonds is 1. The summed E-state index contributed by atoms with van der Waals surface area (Å²) in [6.45, 7) is 6.03. The van der Waals surface area contributed by atoms with Crippen LogP contribution in [-0.2, 0) is 12.0 Å². The van der Waals surface area contributed by atoms with Crippen molar-refractivity contribution >= 4 is 10.9 Å². The highest BCUT2D eigenvalue weighted by atomic mass is 16.3. The Hall–Kier alpha value is -2.80. The van der Waals surface area contributed by atoms with Gasteiger partial charge in [0.25, 0.3) is 5.56 Å². The smallest absolute Gasteiger partial charge is 0.331 e. The van der Waals surface area contributed by atoms with Gasteiger partial charge in [-0.1, -0.05) is 18.2 Å². The standard InChI is InChI=1S/C19H22N4O3/c1-19(2,3)23-17(25)13(16(24)22-18(23)26)15-14-11(8-9-20-15)10-6-4-5-7-12(10)21-14/h4-7,15,20-21,24H,8-9H2,1-3H3,(H,22,26). The maximum absolute atomic E-state index is 13.1. The first-order valence-electron chi connectivity index (χ1n) is 8.70. The van der Waals surface area contributed by atoms with E-state index >= 15 is 0 Å². The number of fused-ring (bicyclic) bond motifs is 3. The van der Waals surface area contributed by atoms with Gasteiger partial charge in [0.1, 0.15) is 5.56 Å². The minimum absolute atomic E-state index is 0.159. The highest BCUT2D eigenvalue weighted by Crippen LogP contribution is 2.34. The lowest BCUT2D eigenvalue weighted by atomic mass is 9.95.